The van der Waals surface area contributed by atoms with Crippen LogP contribution in [-0.2, 0) is 4.79 Å². The molecule has 0 heterocycles. The fraction of sp³-hybridized carbons (Fsp3) is 0.235. The number of ether oxygens (including phenoxy) is 2. The van der Waals surface area contributed by atoms with Gasteiger partial charge in [0.1, 0.15) is 24.7 Å². The normalized spacial score (nSPS) is 10.2. The maximum absolute atomic E-state index is 11.5. The van der Waals surface area contributed by atoms with Crippen LogP contribution in [0.1, 0.15) is 0 Å². The third-order valence-corrected chi connectivity index (χ3v) is 3.93. The van der Waals surface area contributed by atoms with E-state index in [0.29, 0.717) is 19.0 Å². The van der Waals surface area contributed by atoms with Crippen LogP contribution in [0.15, 0.2) is 53.0 Å². The summed E-state index contributed by atoms with van der Waals surface area (Å²) >= 11 is 4.87. The largest absolute Gasteiger partial charge is 0.490 e. The Kier molecular flexibility index (Phi) is 7.29. The Hall–Kier alpha value is -1.66. The standard InChI is InChI=1S/C17H18BrNO3S/c1-23-12-17(20)19-14-4-8-16(9-5-14)22-11-10-21-15-6-2-13(18)3-7-15/h2-9H,10-12H2,1H3,(H,19,20). The third-order valence-electron chi connectivity index (χ3n) is 2.85. The first-order valence-corrected chi connectivity index (χ1v) is 9.26. The Morgan fingerprint density at radius 2 is 1.52 bits per heavy atom. The van der Waals surface area contributed by atoms with Gasteiger partial charge in [-0.05, 0) is 54.8 Å². The van der Waals surface area contributed by atoms with Gasteiger partial charge in [-0.3, -0.25) is 4.79 Å². The van der Waals surface area contributed by atoms with E-state index in [1.807, 2.05) is 54.8 Å². The van der Waals surface area contributed by atoms with Gasteiger partial charge in [-0.1, -0.05) is 15.9 Å². The minimum absolute atomic E-state index is 0.00549. The van der Waals surface area contributed by atoms with Gasteiger partial charge in [0.05, 0.1) is 5.75 Å². The zero-order chi connectivity index (χ0) is 16.5. The van der Waals surface area contributed by atoms with Crippen LogP contribution in [0.2, 0.25) is 0 Å². The minimum atomic E-state index is -0.00549. The number of rotatable bonds is 8. The first kappa shape index (κ1) is 17.7. The van der Waals surface area contributed by atoms with E-state index >= 15 is 0 Å². The zero-order valence-corrected chi connectivity index (χ0v) is 15.2. The fourth-order valence-corrected chi connectivity index (χ4v) is 2.41. The van der Waals surface area contributed by atoms with E-state index in [1.165, 1.54) is 11.8 Å². The van der Waals surface area contributed by atoms with Gasteiger partial charge in [-0.2, -0.15) is 11.8 Å². The van der Waals surface area contributed by atoms with Crippen LogP contribution in [0, 0.1) is 0 Å². The van der Waals surface area contributed by atoms with Gasteiger partial charge < -0.3 is 14.8 Å². The summed E-state index contributed by atoms with van der Waals surface area (Å²) in [6.45, 7) is 0.919. The van der Waals surface area contributed by atoms with E-state index < -0.39 is 0 Å². The Balaban J connectivity index is 1.71. The fourth-order valence-electron chi connectivity index (χ4n) is 1.81. The molecule has 0 unspecified atom stereocenters. The molecule has 0 aliphatic rings. The Morgan fingerprint density at radius 3 is 2.04 bits per heavy atom. The average molecular weight is 396 g/mol. The molecule has 0 fully saturated rings. The van der Waals surface area contributed by atoms with Gasteiger partial charge in [-0.15, -0.1) is 0 Å². The highest BCUT2D eigenvalue weighted by atomic mass is 79.9. The smallest absolute Gasteiger partial charge is 0.234 e. The van der Waals surface area contributed by atoms with Crippen LogP contribution in [0.4, 0.5) is 5.69 Å². The summed E-state index contributed by atoms with van der Waals surface area (Å²) < 4.78 is 12.2. The number of thioether (sulfide) groups is 1. The molecule has 6 heteroatoms. The summed E-state index contributed by atoms with van der Waals surface area (Å²) in [5.41, 5.74) is 0.766. The highest BCUT2D eigenvalue weighted by molar-refractivity contribution is 9.10. The lowest BCUT2D eigenvalue weighted by Gasteiger charge is -2.09. The van der Waals surface area contributed by atoms with Gasteiger partial charge in [0, 0.05) is 10.2 Å². The Labute approximate surface area is 148 Å². The molecule has 0 saturated carbocycles. The first-order valence-electron chi connectivity index (χ1n) is 7.07. The van der Waals surface area contributed by atoms with Crippen molar-refractivity contribution in [3.63, 3.8) is 0 Å². The van der Waals surface area contributed by atoms with Crippen LogP contribution in [-0.4, -0.2) is 31.1 Å². The summed E-state index contributed by atoms with van der Waals surface area (Å²) in [4.78, 5) is 11.5. The van der Waals surface area contributed by atoms with Gasteiger partial charge in [0.15, 0.2) is 0 Å². The molecule has 4 nitrogen and oxygen atoms in total. The number of amides is 1. The Morgan fingerprint density at radius 1 is 1.00 bits per heavy atom. The molecule has 1 N–H and O–H groups in total. The molecular weight excluding hydrogens is 378 g/mol. The predicted molar refractivity (Wildman–Crippen MR) is 98.6 cm³/mol. The van der Waals surface area contributed by atoms with Crippen molar-refractivity contribution in [2.45, 2.75) is 0 Å². The summed E-state index contributed by atoms with van der Waals surface area (Å²) in [7, 11) is 0. The molecule has 0 aliphatic carbocycles. The molecule has 0 aromatic heterocycles. The summed E-state index contributed by atoms with van der Waals surface area (Å²) in [6.07, 6.45) is 1.90. The summed E-state index contributed by atoms with van der Waals surface area (Å²) in [5, 5.41) is 2.82. The summed E-state index contributed by atoms with van der Waals surface area (Å²) in [6, 6.07) is 15.0. The number of hydrogen-bond acceptors (Lipinski definition) is 4. The quantitative estimate of drug-likeness (QED) is 0.680. The van der Waals surface area contributed by atoms with E-state index in [-0.39, 0.29) is 5.91 Å². The topological polar surface area (TPSA) is 47.6 Å². The molecule has 2 rings (SSSR count). The van der Waals surface area contributed by atoms with Crippen molar-refractivity contribution < 1.29 is 14.3 Å². The second-order valence-electron chi connectivity index (χ2n) is 4.66. The van der Waals surface area contributed by atoms with E-state index in [4.69, 9.17) is 9.47 Å². The van der Waals surface area contributed by atoms with Crippen LogP contribution in [0.3, 0.4) is 0 Å². The van der Waals surface area contributed by atoms with Gasteiger partial charge in [-0.25, -0.2) is 0 Å². The number of hydrogen-bond donors (Lipinski definition) is 1. The molecule has 2 aromatic carbocycles. The number of benzene rings is 2. The molecule has 1 amide bonds. The number of anilines is 1. The molecule has 0 saturated heterocycles. The molecule has 0 radical (unpaired) electrons. The number of carbonyl (C=O) groups is 1. The molecule has 0 bridgehead atoms. The van der Waals surface area contributed by atoms with E-state index in [9.17, 15) is 4.79 Å². The SMILES string of the molecule is CSCC(=O)Nc1ccc(OCCOc2ccc(Br)cc2)cc1. The van der Waals surface area contributed by atoms with Crippen molar-refractivity contribution in [3.8, 4) is 11.5 Å². The van der Waals surface area contributed by atoms with Crippen molar-refractivity contribution in [1.29, 1.82) is 0 Å². The number of halogens is 1. The third kappa shape index (κ3) is 6.54. The van der Waals surface area contributed by atoms with Gasteiger partial charge in [0.2, 0.25) is 5.91 Å². The maximum Gasteiger partial charge on any atom is 0.234 e. The van der Waals surface area contributed by atoms with E-state index in [0.717, 1.165) is 21.7 Å². The van der Waals surface area contributed by atoms with E-state index in [1.54, 1.807) is 0 Å². The Bertz CT molecular complexity index is 617. The lowest BCUT2D eigenvalue weighted by molar-refractivity contribution is -0.113. The zero-order valence-electron chi connectivity index (χ0n) is 12.8. The number of nitrogens with one attached hydrogen (secondary N) is 1. The van der Waals surface area contributed by atoms with Crippen molar-refractivity contribution in [3.05, 3.63) is 53.0 Å². The lowest BCUT2D eigenvalue weighted by atomic mass is 10.3. The summed E-state index contributed by atoms with van der Waals surface area (Å²) in [5.74, 6) is 2.00. The lowest BCUT2D eigenvalue weighted by Crippen LogP contribution is -2.13. The van der Waals surface area contributed by atoms with Crippen LogP contribution in [0.5, 0.6) is 11.5 Å². The molecule has 122 valence electrons. The van der Waals surface area contributed by atoms with E-state index in [2.05, 4.69) is 21.2 Å². The highest BCUT2D eigenvalue weighted by Crippen LogP contribution is 2.17. The first-order chi connectivity index (χ1) is 11.2. The van der Waals surface area contributed by atoms with Crippen LogP contribution < -0.4 is 14.8 Å². The highest BCUT2D eigenvalue weighted by Gasteiger charge is 2.01. The molecule has 0 spiro atoms. The minimum Gasteiger partial charge on any atom is -0.490 e. The molecule has 23 heavy (non-hydrogen) atoms. The van der Waals surface area contributed by atoms with Crippen LogP contribution >= 0.6 is 27.7 Å². The van der Waals surface area contributed by atoms with Gasteiger partial charge >= 0.3 is 0 Å². The van der Waals surface area contributed by atoms with Crippen LogP contribution in [0.25, 0.3) is 0 Å². The molecule has 0 aliphatic heterocycles. The maximum atomic E-state index is 11.5. The van der Waals surface area contributed by atoms with Gasteiger partial charge in [0.25, 0.3) is 0 Å². The van der Waals surface area contributed by atoms with Crippen molar-refractivity contribution in [2.24, 2.45) is 0 Å². The molecule has 2 aromatic rings. The van der Waals surface area contributed by atoms with Crippen molar-refractivity contribution in [2.75, 3.05) is 30.5 Å². The average Bonchev–Trinajstić information content (AvgIpc) is 2.55. The van der Waals surface area contributed by atoms with Crippen molar-refractivity contribution >= 4 is 39.3 Å². The van der Waals surface area contributed by atoms with Crippen molar-refractivity contribution in [1.82, 2.24) is 0 Å². The monoisotopic (exact) mass is 395 g/mol. The second-order valence-corrected chi connectivity index (χ2v) is 6.44. The second kappa shape index (κ2) is 9.47. The predicted octanol–water partition coefficient (Wildman–Crippen LogP) is 4.21. The number of carbonyl (C=O) groups excluding carboxylic acids is 1. The molecular formula is C17H18BrNO3S. The molecule has 0 atom stereocenters.